The number of hydrogen-bond acceptors (Lipinski definition) is 3. The second kappa shape index (κ2) is 8.89. The Morgan fingerprint density at radius 1 is 0.969 bits per heavy atom. The van der Waals surface area contributed by atoms with Crippen LogP contribution in [-0.4, -0.2) is 40.7 Å². The number of halogens is 2. The van der Waals surface area contributed by atoms with Crippen molar-refractivity contribution in [3.05, 3.63) is 91.6 Å². The maximum Gasteiger partial charge on any atom is 0.254 e. The van der Waals surface area contributed by atoms with Gasteiger partial charge < -0.3 is 9.80 Å². The van der Waals surface area contributed by atoms with Gasteiger partial charge in [0.05, 0.1) is 6.04 Å². The lowest BCUT2D eigenvalue weighted by molar-refractivity contribution is -0.134. The largest absolute Gasteiger partial charge is 0.330 e. The van der Waals surface area contributed by atoms with Crippen LogP contribution >= 0.6 is 34.5 Å². The average Bonchev–Trinajstić information content (AvgIpc) is 3.53. The molecule has 3 aromatic rings. The molecule has 0 bridgehead atoms. The van der Waals surface area contributed by atoms with Crippen LogP contribution in [0.5, 0.6) is 0 Å². The fourth-order valence-electron chi connectivity index (χ4n) is 4.34. The molecule has 32 heavy (non-hydrogen) atoms. The molecular formula is C25H22Cl2N2O2S. The van der Waals surface area contributed by atoms with Gasteiger partial charge in [-0.15, -0.1) is 11.3 Å². The van der Waals surface area contributed by atoms with Crippen molar-refractivity contribution in [1.82, 2.24) is 9.80 Å². The number of carbonyl (C=O) groups is 2. The van der Waals surface area contributed by atoms with Crippen LogP contribution in [0.2, 0.25) is 10.0 Å². The van der Waals surface area contributed by atoms with E-state index in [1.54, 1.807) is 40.5 Å². The van der Waals surface area contributed by atoms with E-state index < -0.39 is 0 Å². The van der Waals surface area contributed by atoms with Crippen LogP contribution in [0.4, 0.5) is 0 Å². The van der Waals surface area contributed by atoms with E-state index in [0.717, 1.165) is 24.8 Å². The lowest BCUT2D eigenvalue weighted by atomic mass is 9.93. The number of fused-ring (bicyclic) bond motifs is 1. The molecule has 1 aliphatic heterocycles. The van der Waals surface area contributed by atoms with Gasteiger partial charge in [-0.05, 0) is 78.2 Å². The van der Waals surface area contributed by atoms with Gasteiger partial charge in [-0.2, -0.15) is 0 Å². The van der Waals surface area contributed by atoms with Crippen molar-refractivity contribution in [2.45, 2.75) is 31.3 Å². The molecule has 2 aromatic carbocycles. The molecule has 1 atom stereocenters. The summed E-state index contributed by atoms with van der Waals surface area (Å²) in [4.78, 5) is 31.8. The summed E-state index contributed by atoms with van der Waals surface area (Å²) in [6, 6.07) is 16.6. The molecule has 1 aromatic heterocycles. The van der Waals surface area contributed by atoms with Gasteiger partial charge in [-0.25, -0.2) is 0 Å². The van der Waals surface area contributed by atoms with Crippen molar-refractivity contribution in [3.8, 4) is 0 Å². The second-order valence-corrected chi connectivity index (χ2v) is 10.1. The van der Waals surface area contributed by atoms with Crippen LogP contribution in [0.15, 0.2) is 60.0 Å². The van der Waals surface area contributed by atoms with E-state index in [1.165, 1.54) is 10.4 Å². The van der Waals surface area contributed by atoms with E-state index in [-0.39, 0.29) is 30.4 Å². The Bertz CT molecular complexity index is 1140. The van der Waals surface area contributed by atoms with Crippen molar-refractivity contribution in [2.24, 2.45) is 0 Å². The molecule has 1 aliphatic carbocycles. The van der Waals surface area contributed by atoms with E-state index in [4.69, 9.17) is 23.2 Å². The molecule has 7 heteroatoms. The summed E-state index contributed by atoms with van der Waals surface area (Å²) in [6.07, 6.45) is 2.70. The summed E-state index contributed by atoms with van der Waals surface area (Å²) in [5.41, 5.74) is 2.75. The first-order valence-electron chi connectivity index (χ1n) is 10.7. The Kier molecular flexibility index (Phi) is 5.97. The predicted molar refractivity (Wildman–Crippen MR) is 129 cm³/mol. The number of thiophene rings is 1. The molecule has 0 saturated heterocycles. The van der Waals surface area contributed by atoms with E-state index in [1.807, 2.05) is 29.2 Å². The van der Waals surface area contributed by atoms with Crippen LogP contribution < -0.4 is 0 Å². The number of hydrogen-bond donors (Lipinski definition) is 0. The Labute approximate surface area is 201 Å². The second-order valence-electron chi connectivity index (χ2n) is 8.26. The molecule has 5 rings (SSSR count). The standard InChI is InChI=1S/C25H22Cl2N2O2S/c26-18-5-1-16(2-6-18)24-21-12-14-32-22(21)11-13-28(24)23(30)15-29(20-9-10-20)25(31)17-3-7-19(27)8-4-17/h1-8,12,14,20,24H,9-11,13,15H2. The molecule has 2 aliphatic rings. The third kappa shape index (κ3) is 4.29. The number of benzene rings is 2. The molecule has 1 saturated carbocycles. The van der Waals surface area contributed by atoms with Crippen molar-refractivity contribution in [3.63, 3.8) is 0 Å². The molecule has 1 unspecified atom stereocenters. The van der Waals surface area contributed by atoms with Gasteiger partial charge in [-0.1, -0.05) is 35.3 Å². The monoisotopic (exact) mass is 484 g/mol. The zero-order valence-electron chi connectivity index (χ0n) is 17.3. The Morgan fingerprint density at radius 2 is 1.62 bits per heavy atom. The van der Waals surface area contributed by atoms with Crippen LogP contribution in [0, 0.1) is 0 Å². The SMILES string of the molecule is O=C(c1ccc(Cl)cc1)N(CC(=O)N1CCc2sccc2C1c1ccc(Cl)cc1)C1CC1. The summed E-state index contributed by atoms with van der Waals surface area (Å²) in [6.45, 7) is 0.711. The van der Waals surface area contributed by atoms with E-state index in [0.29, 0.717) is 22.2 Å². The lowest BCUT2D eigenvalue weighted by Gasteiger charge is -2.37. The summed E-state index contributed by atoms with van der Waals surface area (Å²) in [5.74, 6) is -0.148. The Hall–Kier alpha value is -2.34. The highest BCUT2D eigenvalue weighted by Crippen LogP contribution is 2.38. The van der Waals surface area contributed by atoms with E-state index in [2.05, 4.69) is 11.4 Å². The minimum atomic E-state index is -0.165. The fraction of sp³-hybridized carbons (Fsp3) is 0.280. The highest BCUT2D eigenvalue weighted by Gasteiger charge is 2.38. The first-order valence-corrected chi connectivity index (χ1v) is 12.3. The normalized spacial score (nSPS) is 17.7. The predicted octanol–water partition coefficient (Wildman–Crippen LogP) is 5.83. The van der Waals surface area contributed by atoms with Crippen LogP contribution in [0.25, 0.3) is 0 Å². The highest BCUT2D eigenvalue weighted by molar-refractivity contribution is 7.10. The minimum absolute atomic E-state index is 0.0315. The van der Waals surface area contributed by atoms with Gasteiger partial charge in [0.1, 0.15) is 6.54 Å². The van der Waals surface area contributed by atoms with Crippen molar-refractivity contribution >= 4 is 46.4 Å². The van der Waals surface area contributed by atoms with Gasteiger partial charge in [-0.3, -0.25) is 9.59 Å². The maximum atomic E-state index is 13.6. The number of amides is 2. The van der Waals surface area contributed by atoms with Crippen molar-refractivity contribution in [2.75, 3.05) is 13.1 Å². The van der Waals surface area contributed by atoms with Crippen molar-refractivity contribution < 1.29 is 9.59 Å². The summed E-state index contributed by atoms with van der Waals surface area (Å²) in [5, 5.41) is 3.34. The zero-order chi connectivity index (χ0) is 22.2. The molecule has 4 nitrogen and oxygen atoms in total. The third-order valence-electron chi connectivity index (χ3n) is 6.12. The van der Waals surface area contributed by atoms with Crippen molar-refractivity contribution in [1.29, 1.82) is 0 Å². The molecular weight excluding hydrogens is 463 g/mol. The maximum absolute atomic E-state index is 13.6. The van der Waals surface area contributed by atoms with Crippen LogP contribution in [-0.2, 0) is 11.2 Å². The molecule has 0 N–H and O–H groups in total. The topological polar surface area (TPSA) is 40.6 Å². The Balaban J connectivity index is 1.42. The van der Waals surface area contributed by atoms with Gasteiger partial charge in [0.25, 0.3) is 5.91 Å². The number of rotatable bonds is 5. The molecule has 0 radical (unpaired) electrons. The van der Waals surface area contributed by atoms with Gasteiger partial charge in [0.2, 0.25) is 5.91 Å². The van der Waals surface area contributed by atoms with E-state index >= 15 is 0 Å². The number of carbonyl (C=O) groups excluding carboxylic acids is 2. The quantitative estimate of drug-likeness (QED) is 0.456. The highest BCUT2D eigenvalue weighted by atomic mass is 35.5. The van der Waals surface area contributed by atoms with Gasteiger partial charge in [0.15, 0.2) is 0 Å². The average molecular weight is 485 g/mol. The molecule has 1 fully saturated rings. The van der Waals surface area contributed by atoms with E-state index in [9.17, 15) is 9.59 Å². The molecule has 2 heterocycles. The molecule has 164 valence electrons. The summed E-state index contributed by atoms with van der Waals surface area (Å²) >= 11 is 13.8. The molecule has 2 amide bonds. The third-order valence-corrected chi connectivity index (χ3v) is 7.62. The van der Waals surface area contributed by atoms with Gasteiger partial charge in [0, 0.05) is 33.1 Å². The summed E-state index contributed by atoms with van der Waals surface area (Å²) in [7, 11) is 0. The minimum Gasteiger partial charge on any atom is -0.330 e. The summed E-state index contributed by atoms with van der Waals surface area (Å²) < 4.78 is 0. The fourth-order valence-corrected chi connectivity index (χ4v) is 5.49. The number of nitrogens with zero attached hydrogens (tertiary/aromatic N) is 2. The smallest absolute Gasteiger partial charge is 0.254 e. The molecule has 0 spiro atoms. The first kappa shape index (κ1) is 21.5. The lowest BCUT2D eigenvalue weighted by Crippen LogP contribution is -2.47. The first-order chi connectivity index (χ1) is 15.5. The van der Waals surface area contributed by atoms with Crippen LogP contribution in [0.3, 0.4) is 0 Å². The Morgan fingerprint density at radius 3 is 2.28 bits per heavy atom. The zero-order valence-corrected chi connectivity index (χ0v) is 19.7. The van der Waals surface area contributed by atoms with Crippen LogP contribution in [0.1, 0.15) is 45.2 Å². The van der Waals surface area contributed by atoms with Gasteiger partial charge >= 0.3 is 0 Å².